The number of rotatable bonds is 3. The number of Topliss-reactive ketones (excluding diaryl/α,β-unsaturated/α-hetero) is 1. The maximum absolute atomic E-state index is 12.9. The molecule has 0 spiro atoms. The van der Waals surface area contributed by atoms with E-state index in [1.807, 2.05) is 12.2 Å². The van der Waals surface area contributed by atoms with Gasteiger partial charge in [-0.2, -0.15) is 0 Å². The Morgan fingerprint density at radius 1 is 1.15 bits per heavy atom. The van der Waals surface area contributed by atoms with Gasteiger partial charge in [-0.05, 0) is 62.1 Å². The zero-order chi connectivity index (χ0) is 23.6. The molecule has 1 aromatic carbocycles. The van der Waals surface area contributed by atoms with Crippen LogP contribution < -0.4 is 0 Å². The molecule has 33 heavy (non-hydrogen) atoms. The summed E-state index contributed by atoms with van der Waals surface area (Å²) in [5.41, 5.74) is 1.19. The molecule has 1 aromatic rings. The van der Waals surface area contributed by atoms with Crippen LogP contribution in [-0.2, 0) is 16.1 Å². The average Bonchev–Trinajstić information content (AvgIpc) is 2.78. The Morgan fingerprint density at radius 3 is 2.73 bits per heavy atom. The molecule has 1 heterocycles. The van der Waals surface area contributed by atoms with E-state index in [9.17, 15) is 19.8 Å². The van der Waals surface area contributed by atoms with Crippen LogP contribution in [0.25, 0.3) is 0 Å². The number of phenolic OH excluding ortho intramolecular Hbond substituents is 2. The topological polar surface area (TPSA) is 99.4 Å². The fraction of sp³-hybridized carbons (Fsp3) is 0.500. The number of carbonyl (C=O) groups excluding carboxylic acids is 2. The molecule has 7 heteroatoms. The van der Waals surface area contributed by atoms with Gasteiger partial charge in [-0.3, -0.25) is 9.59 Å². The third kappa shape index (κ3) is 7.48. The van der Waals surface area contributed by atoms with E-state index in [0.29, 0.717) is 30.0 Å². The predicted molar refractivity (Wildman–Crippen MR) is 128 cm³/mol. The minimum Gasteiger partial charge on any atom is -0.508 e. The van der Waals surface area contributed by atoms with Crippen LogP contribution in [0.5, 0.6) is 11.5 Å². The summed E-state index contributed by atoms with van der Waals surface area (Å²) < 4.78 is 0. The van der Waals surface area contributed by atoms with Gasteiger partial charge in [0, 0.05) is 32.0 Å². The molecule has 1 fully saturated rings. The van der Waals surface area contributed by atoms with Crippen LogP contribution in [0.4, 0.5) is 0 Å². The van der Waals surface area contributed by atoms with Gasteiger partial charge in [0.2, 0.25) is 0 Å². The largest absolute Gasteiger partial charge is 0.508 e. The molecule has 178 valence electrons. The highest BCUT2D eigenvalue weighted by Crippen LogP contribution is 2.30. The molecule has 0 bridgehead atoms. The van der Waals surface area contributed by atoms with Gasteiger partial charge in [0.05, 0.1) is 11.3 Å². The summed E-state index contributed by atoms with van der Waals surface area (Å²) in [6, 6.07) is 2.66. The summed E-state index contributed by atoms with van der Waals surface area (Å²) >= 11 is 0. The van der Waals surface area contributed by atoms with Crippen molar-refractivity contribution in [2.24, 2.45) is 11.1 Å². The number of piperidine rings is 1. The first-order chi connectivity index (χ1) is 15.9. The number of carbonyl (C=O) groups is 2. The Bertz CT molecular complexity index is 929. The van der Waals surface area contributed by atoms with E-state index in [1.54, 1.807) is 4.90 Å². The molecule has 1 amide bonds. The maximum atomic E-state index is 12.9. The molecule has 3 rings (SSSR count). The molecule has 7 nitrogen and oxygen atoms in total. The van der Waals surface area contributed by atoms with Crippen LogP contribution in [0.15, 0.2) is 41.6 Å². The minimum absolute atomic E-state index is 0.0893. The number of aromatic hydroxyl groups is 2. The second-order valence-electron chi connectivity index (χ2n) is 8.83. The van der Waals surface area contributed by atoms with Gasteiger partial charge >= 0.3 is 0 Å². The number of fused-ring (bicyclic) bond motifs is 1. The zero-order valence-electron chi connectivity index (χ0n) is 19.3. The molecular formula is C26H34N2O5. The lowest BCUT2D eigenvalue weighted by atomic mass is 9.94. The van der Waals surface area contributed by atoms with E-state index in [2.05, 4.69) is 24.2 Å². The summed E-state index contributed by atoms with van der Waals surface area (Å²) in [5, 5.41) is 24.6. The highest BCUT2D eigenvalue weighted by Gasteiger charge is 2.20. The third-order valence-electron chi connectivity index (χ3n) is 5.97. The summed E-state index contributed by atoms with van der Waals surface area (Å²) in [6.07, 6.45) is 13.9. The number of benzene rings is 1. The van der Waals surface area contributed by atoms with E-state index >= 15 is 0 Å². The maximum Gasteiger partial charge on any atom is 0.263 e. The predicted octanol–water partition coefficient (Wildman–Crippen LogP) is 4.53. The van der Waals surface area contributed by atoms with Crippen molar-refractivity contribution in [3.8, 4) is 11.5 Å². The van der Waals surface area contributed by atoms with Gasteiger partial charge in [0.1, 0.15) is 11.5 Å². The van der Waals surface area contributed by atoms with Crippen molar-refractivity contribution in [3.05, 3.63) is 47.6 Å². The van der Waals surface area contributed by atoms with E-state index in [4.69, 9.17) is 4.84 Å². The summed E-state index contributed by atoms with van der Waals surface area (Å²) in [5.74, 6) is -0.292. The molecule has 1 aliphatic carbocycles. The lowest BCUT2D eigenvalue weighted by molar-refractivity contribution is -0.137. The second kappa shape index (κ2) is 12.2. The number of allylic oxidation sites excluding steroid dienone is 4. The number of phenols is 2. The Hall–Kier alpha value is -3.09. The van der Waals surface area contributed by atoms with Crippen molar-refractivity contribution in [1.29, 1.82) is 0 Å². The number of likely N-dealkylation sites (tertiary alicyclic amines) is 1. The average molecular weight is 455 g/mol. The molecule has 1 atom stereocenters. The van der Waals surface area contributed by atoms with E-state index in [-0.39, 0.29) is 41.8 Å². The minimum atomic E-state index is -0.240. The monoisotopic (exact) mass is 454 g/mol. The Morgan fingerprint density at radius 2 is 1.94 bits per heavy atom. The number of nitrogens with zero attached hydrogens (tertiary/aromatic N) is 2. The van der Waals surface area contributed by atoms with E-state index < -0.39 is 0 Å². The third-order valence-corrected chi connectivity index (χ3v) is 5.97. The first-order valence-electron chi connectivity index (χ1n) is 11.8. The number of hydrogen-bond acceptors (Lipinski definition) is 6. The molecule has 0 radical (unpaired) electrons. The van der Waals surface area contributed by atoms with Crippen molar-refractivity contribution >= 4 is 17.4 Å². The smallest absolute Gasteiger partial charge is 0.263 e. The molecule has 2 N–H and O–H groups in total. The van der Waals surface area contributed by atoms with Gasteiger partial charge in [-0.25, -0.2) is 0 Å². The van der Waals surface area contributed by atoms with Crippen LogP contribution in [0.3, 0.4) is 0 Å². The van der Waals surface area contributed by atoms with Crippen LogP contribution in [0, 0.1) is 5.92 Å². The van der Waals surface area contributed by atoms with Crippen molar-refractivity contribution in [3.63, 3.8) is 0 Å². The molecule has 0 saturated carbocycles. The first kappa shape index (κ1) is 24.6. The van der Waals surface area contributed by atoms with E-state index in [0.717, 1.165) is 45.2 Å². The van der Waals surface area contributed by atoms with Crippen LogP contribution >= 0.6 is 0 Å². The Kier molecular flexibility index (Phi) is 9.10. The van der Waals surface area contributed by atoms with Crippen molar-refractivity contribution in [1.82, 2.24) is 4.90 Å². The lowest BCUT2D eigenvalue weighted by Crippen LogP contribution is -2.37. The van der Waals surface area contributed by atoms with E-state index in [1.165, 1.54) is 12.1 Å². The van der Waals surface area contributed by atoms with Gasteiger partial charge < -0.3 is 20.0 Å². The fourth-order valence-electron chi connectivity index (χ4n) is 4.18. The van der Waals surface area contributed by atoms with Gasteiger partial charge in [-0.1, -0.05) is 30.3 Å². The molecule has 2 aliphatic rings. The normalized spacial score (nSPS) is 23.4. The van der Waals surface area contributed by atoms with Gasteiger partial charge in [0.25, 0.3) is 5.91 Å². The second-order valence-corrected chi connectivity index (χ2v) is 8.83. The molecular weight excluding hydrogens is 420 g/mol. The Labute approximate surface area is 195 Å². The van der Waals surface area contributed by atoms with Gasteiger partial charge in [0.15, 0.2) is 12.4 Å². The van der Waals surface area contributed by atoms with Gasteiger partial charge in [-0.15, -0.1) is 0 Å². The molecule has 1 saturated heterocycles. The van der Waals surface area contributed by atoms with Crippen LogP contribution in [0.1, 0.15) is 67.8 Å². The summed E-state index contributed by atoms with van der Waals surface area (Å²) in [6.45, 7) is 3.47. The summed E-state index contributed by atoms with van der Waals surface area (Å²) in [4.78, 5) is 32.4. The Balaban J connectivity index is 1.83. The van der Waals surface area contributed by atoms with Crippen molar-refractivity contribution in [2.75, 3.05) is 19.7 Å². The van der Waals surface area contributed by atoms with Crippen molar-refractivity contribution in [2.45, 2.75) is 58.3 Å². The number of hydrogen-bond donors (Lipinski definition) is 2. The zero-order valence-corrected chi connectivity index (χ0v) is 19.3. The SMILES string of the molecule is CC1/C=C/CCCC(=O)c2c(O)cc(O)cc2CC(=N\OCC(=O)N2CCCCC2)/C=C/C1. The summed E-state index contributed by atoms with van der Waals surface area (Å²) in [7, 11) is 0. The number of oxime groups is 1. The number of ketones is 1. The highest BCUT2D eigenvalue weighted by atomic mass is 16.6. The number of amides is 1. The molecule has 1 aliphatic heterocycles. The molecule has 1 unspecified atom stereocenters. The van der Waals surface area contributed by atoms with Crippen LogP contribution in [-0.4, -0.2) is 52.2 Å². The lowest BCUT2D eigenvalue weighted by Gasteiger charge is -2.26. The van der Waals surface area contributed by atoms with Crippen molar-refractivity contribution < 1.29 is 24.6 Å². The standard InChI is InChI=1S/C26H34N2O5/c1-19-9-4-2-5-12-23(30)26-20(16-22(29)17-24(26)31)15-21(11-8-10-19)27-33-18-25(32)28-13-6-3-7-14-28/h4,8-9,11,16-17,19,29,31H,2-3,5-7,10,12-15,18H2,1H3/b9-4+,11-8+,27-21-. The fourth-order valence-corrected chi connectivity index (χ4v) is 4.18. The first-order valence-corrected chi connectivity index (χ1v) is 11.8. The van der Waals surface area contributed by atoms with Crippen LogP contribution in [0.2, 0.25) is 0 Å². The highest BCUT2D eigenvalue weighted by molar-refractivity contribution is 6.03. The quantitative estimate of drug-likeness (QED) is 0.516. The molecule has 0 aromatic heterocycles.